The molecule has 0 aliphatic heterocycles. The monoisotopic (exact) mass is 284 g/mol. The lowest BCUT2D eigenvalue weighted by atomic mass is 9.90. The average Bonchev–Trinajstić information content (AvgIpc) is 2.96. The summed E-state index contributed by atoms with van der Waals surface area (Å²) in [5.74, 6) is -0.697. The molecule has 0 amide bonds. The molecule has 0 aromatic rings. The highest BCUT2D eigenvalue weighted by atomic mass is 16.4. The molecule has 1 rings (SSSR count). The molecule has 118 valence electrons. The van der Waals surface area contributed by atoms with Gasteiger partial charge in [0.1, 0.15) is 5.54 Å². The first-order valence-corrected chi connectivity index (χ1v) is 8.24. The molecular formula is C16H32N2O2. The van der Waals surface area contributed by atoms with Crippen LogP contribution in [0.2, 0.25) is 0 Å². The Kier molecular flexibility index (Phi) is 7.52. The van der Waals surface area contributed by atoms with Crippen LogP contribution in [0.3, 0.4) is 0 Å². The summed E-state index contributed by atoms with van der Waals surface area (Å²) in [4.78, 5) is 14.0. The van der Waals surface area contributed by atoms with Gasteiger partial charge in [-0.1, -0.05) is 26.7 Å². The summed E-state index contributed by atoms with van der Waals surface area (Å²) in [6.45, 7) is 5.83. The van der Waals surface area contributed by atoms with E-state index in [-0.39, 0.29) is 0 Å². The molecule has 1 aliphatic rings. The van der Waals surface area contributed by atoms with Crippen LogP contribution in [0.1, 0.15) is 65.2 Å². The molecule has 4 nitrogen and oxygen atoms in total. The van der Waals surface area contributed by atoms with E-state index >= 15 is 0 Å². The fourth-order valence-corrected chi connectivity index (χ4v) is 3.25. The molecule has 1 aliphatic carbocycles. The van der Waals surface area contributed by atoms with Crippen molar-refractivity contribution in [3.8, 4) is 0 Å². The van der Waals surface area contributed by atoms with Crippen LogP contribution in [-0.2, 0) is 4.79 Å². The minimum atomic E-state index is -0.730. The molecular weight excluding hydrogens is 252 g/mol. The summed E-state index contributed by atoms with van der Waals surface area (Å²) >= 11 is 0. The van der Waals surface area contributed by atoms with E-state index in [0.29, 0.717) is 6.42 Å². The highest BCUT2D eigenvalue weighted by Gasteiger charge is 2.35. The normalized spacial score (nSPS) is 19.4. The second-order valence-corrected chi connectivity index (χ2v) is 6.19. The van der Waals surface area contributed by atoms with Crippen molar-refractivity contribution in [3.05, 3.63) is 0 Å². The fraction of sp³-hybridized carbons (Fsp3) is 0.938. The van der Waals surface area contributed by atoms with Crippen molar-refractivity contribution >= 4 is 5.97 Å². The molecule has 1 fully saturated rings. The molecule has 0 aromatic carbocycles. The highest BCUT2D eigenvalue weighted by Crippen LogP contribution is 2.24. The lowest BCUT2D eigenvalue weighted by molar-refractivity contribution is -0.145. The van der Waals surface area contributed by atoms with Crippen molar-refractivity contribution in [2.75, 3.05) is 20.1 Å². The second kappa shape index (κ2) is 8.63. The van der Waals surface area contributed by atoms with Crippen LogP contribution >= 0.6 is 0 Å². The van der Waals surface area contributed by atoms with Crippen molar-refractivity contribution in [1.82, 2.24) is 10.2 Å². The van der Waals surface area contributed by atoms with Gasteiger partial charge in [0.25, 0.3) is 0 Å². The van der Waals surface area contributed by atoms with Crippen molar-refractivity contribution in [2.24, 2.45) is 0 Å². The maximum atomic E-state index is 11.6. The van der Waals surface area contributed by atoms with Gasteiger partial charge >= 0.3 is 5.97 Å². The number of hydrogen-bond acceptors (Lipinski definition) is 3. The van der Waals surface area contributed by atoms with Gasteiger partial charge in [-0.3, -0.25) is 4.79 Å². The van der Waals surface area contributed by atoms with Gasteiger partial charge in [-0.2, -0.15) is 0 Å². The maximum absolute atomic E-state index is 11.6. The Bertz CT molecular complexity index is 290. The Morgan fingerprint density at radius 2 is 2.00 bits per heavy atom. The third-order valence-electron chi connectivity index (χ3n) is 4.79. The van der Waals surface area contributed by atoms with E-state index in [9.17, 15) is 9.90 Å². The lowest BCUT2D eigenvalue weighted by Crippen LogP contribution is -2.52. The van der Waals surface area contributed by atoms with Crippen LogP contribution in [0.25, 0.3) is 0 Å². The Morgan fingerprint density at radius 3 is 2.50 bits per heavy atom. The molecule has 0 heterocycles. The second-order valence-electron chi connectivity index (χ2n) is 6.19. The number of carboxylic acid groups (broad SMARTS) is 1. The van der Waals surface area contributed by atoms with Crippen LogP contribution in [0, 0.1) is 0 Å². The molecule has 20 heavy (non-hydrogen) atoms. The Hall–Kier alpha value is -0.610. The zero-order valence-corrected chi connectivity index (χ0v) is 13.5. The number of carboxylic acids is 1. The summed E-state index contributed by atoms with van der Waals surface area (Å²) in [7, 11) is 2.18. The summed E-state index contributed by atoms with van der Waals surface area (Å²) in [6.07, 6.45) is 8.60. The maximum Gasteiger partial charge on any atom is 0.323 e. The highest BCUT2D eigenvalue weighted by molar-refractivity contribution is 5.78. The van der Waals surface area contributed by atoms with E-state index in [2.05, 4.69) is 24.2 Å². The molecule has 2 N–H and O–H groups in total. The minimum Gasteiger partial charge on any atom is -0.480 e. The van der Waals surface area contributed by atoms with Crippen LogP contribution in [0.5, 0.6) is 0 Å². The Balaban J connectivity index is 2.42. The fourth-order valence-electron chi connectivity index (χ4n) is 3.25. The molecule has 1 atom stereocenters. The third-order valence-corrected chi connectivity index (χ3v) is 4.79. The standard InChI is InChI=1S/C16H32N2O2/c1-4-12-17-16(5-2,15(19)20)11-8-13-18(3)14-9-6-7-10-14/h14,17H,4-13H2,1-3H3,(H,19,20). The first-order valence-electron chi connectivity index (χ1n) is 8.24. The quantitative estimate of drug-likeness (QED) is 0.648. The number of aliphatic carboxylic acids is 1. The van der Waals surface area contributed by atoms with Crippen molar-refractivity contribution in [3.63, 3.8) is 0 Å². The predicted molar refractivity (Wildman–Crippen MR) is 83.1 cm³/mol. The lowest BCUT2D eigenvalue weighted by Gasteiger charge is -2.31. The van der Waals surface area contributed by atoms with Gasteiger partial charge in [-0.05, 0) is 58.7 Å². The Morgan fingerprint density at radius 1 is 1.35 bits per heavy atom. The van der Waals surface area contributed by atoms with E-state index in [4.69, 9.17) is 0 Å². The van der Waals surface area contributed by atoms with Crippen molar-refractivity contribution in [2.45, 2.75) is 76.8 Å². The molecule has 0 aromatic heterocycles. The summed E-state index contributed by atoms with van der Waals surface area (Å²) < 4.78 is 0. The number of carbonyl (C=O) groups is 1. The predicted octanol–water partition coefficient (Wildman–Crippen LogP) is 2.87. The topological polar surface area (TPSA) is 52.6 Å². The van der Waals surface area contributed by atoms with Crippen LogP contribution in [0.15, 0.2) is 0 Å². The van der Waals surface area contributed by atoms with Crippen molar-refractivity contribution in [1.29, 1.82) is 0 Å². The summed E-state index contributed by atoms with van der Waals surface area (Å²) in [5, 5.41) is 12.8. The average molecular weight is 284 g/mol. The smallest absolute Gasteiger partial charge is 0.323 e. The van der Waals surface area contributed by atoms with Crippen LogP contribution in [0.4, 0.5) is 0 Å². The van der Waals surface area contributed by atoms with Gasteiger partial charge in [0.15, 0.2) is 0 Å². The third kappa shape index (κ3) is 4.74. The zero-order valence-electron chi connectivity index (χ0n) is 13.5. The molecule has 0 bridgehead atoms. The molecule has 1 saturated carbocycles. The van der Waals surface area contributed by atoms with Gasteiger partial charge in [0.05, 0.1) is 0 Å². The zero-order chi connectivity index (χ0) is 15.0. The summed E-state index contributed by atoms with van der Waals surface area (Å²) in [5.41, 5.74) is -0.730. The largest absolute Gasteiger partial charge is 0.480 e. The first-order chi connectivity index (χ1) is 9.55. The van der Waals surface area contributed by atoms with Crippen molar-refractivity contribution < 1.29 is 9.90 Å². The van der Waals surface area contributed by atoms with Crippen LogP contribution in [-0.4, -0.2) is 47.7 Å². The van der Waals surface area contributed by atoms with E-state index in [1.54, 1.807) is 0 Å². The molecule has 0 spiro atoms. The van der Waals surface area contributed by atoms with E-state index in [0.717, 1.165) is 38.4 Å². The van der Waals surface area contributed by atoms with E-state index in [1.165, 1.54) is 25.7 Å². The van der Waals surface area contributed by atoms with Crippen LogP contribution < -0.4 is 5.32 Å². The van der Waals surface area contributed by atoms with Gasteiger partial charge in [0.2, 0.25) is 0 Å². The van der Waals surface area contributed by atoms with Gasteiger partial charge < -0.3 is 15.3 Å². The SMILES string of the molecule is CCCNC(CC)(CCCN(C)C1CCCC1)C(=O)O. The molecule has 1 unspecified atom stereocenters. The number of hydrogen-bond donors (Lipinski definition) is 2. The number of nitrogens with one attached hydrogen (secondary N) is 1. The first kappa shape index (κ1) is 17.4. The summed E-state index contributed by atoms with van der Waals surface area (Å²) in [6, 6.07) is 0.722. The van der Waals surface area contributed by atoms with E-state index in [1.807, 2.05) is 6.92 Å². The minimum absolute atomic E-state index is 0.648. The van der Waals surface area contributed by atoms with Gasteiger partial charge in [0, 0.05) is 6.04 Å². The van der Waals surface area contributed by atoms with Gasteiger partial charge in [-0.15, -0.1) is 0 Å². The Labute approximate surface area is 123 Å². The van der Waals surface area contributed by atoms with Gasteiger partial charge in [-0.25, -0.2) is 0 Å². The number of nitrogens with zero attached hydrogens (tertiary/aromatic N) is 1. The van der Waals surface area contributed by atoms with E-state index < -0.39 is 11.5 Å². The number of rotatable bonds is 10. The molecule has 4 heteroatoms. The molecule has 0 saturated heterocycles. The molecule has 0 radical (unpaired) electrons.